The SMILES string of the molecule is CCCCCCN(C)c1ccc(C(=N)N)cc1. The summed E-state index contributed by atoms with van der Waals surface area (Å²) < 4.78 is 0. The van der Waals surface area contributed by atoms with Crippen molar-refractivity contribution in [3.63, 3.8) is 0 Å². The average Bonchev–Trinajstić information content (AvgIpc) is 2.34. The third-order valence-electron chi connectivity index (χ3n) is 2.97. The molecule has 1 rings (SSSR count). The van der Waals surface area contributed by atoms with Crippen LogP contribution in [0.4, 0.5) is 5.69 Å². The molecular weight excluding hydrogens is 210 g/mol. The number of unbranched alkanes of at least 4 members (excludes halogenated alkanes) is 3. The number of hydrogen-bond donors (Lipinski definition) is 2. The van der Waals surface area contributed by atoms with Crippen LogP contribution < -0.4 is 10.6 Å². The molecule has 0 aliphatic carbocycles. The van der Waals surface area contributed by atoms with E-state index in [-0.39, 0.29) is 5.84 Å². The summed E-state index contributed by atoms with van der Waals surface area (Å²) in [6.45, 7) is 3.31. The first-order valence-electron chi connectivity index (χ1n) is 6.30. The summed E-state index contributed by atoms with van der Waals surface area (Å²) >= 11 is 0. The van der Waals surface area contributed by atoms with Crippen LogP contribution in [-0.2, 0) is 0 Å². The minimum Gasteiger partial charge on any atom is -0.384 e. The van der Waals surface area contributed by atoms with Crippen LogP contribution in [-0.4, -0.2) is 19.4 Å². The van der Waals surface area contributed by atoms with Crippen LogP contribution in [0.2, 0.25) is 0 Å². The molecule has 0 unspecified atom stereocenters. The Morgan fingerprint density at radius 1 is 1.18 bits per heavy atom. The largest absolute Gasteiger partial charge is 0.384 e. The first-order chi connectivity index (χ1) is 8.15. The topological polar surface area (TPSA) is 53.1 Å². The molecule has 1 aromatic rings. The molecule has 0 spiro atoms. The number of hydrogen-bond acceptors (Lipinski definition) is 2. The van der Waals surface area contributed by atoms with Gasteiger partial charge in [-0.15, -0.1) is 0 Å². The molecule has 17 heavy (non-hydrogen) atoms. The van der Waals surface area contributed by atoms with Crippen molar-refractivity contribution in [2.45, 2.75) is 32.6 Å². The summed E-state index contributed by atoms with van der Waals surface area (Å²) in [5, 5.41) is 7.33. The molecule has 0 aliphatic heterocycles. The molecule has 94 valence electrons. The highest BCUT2D eigenvalue weighted by Gasteiger charge is 2.01. The van der Waals surface area contributed by atoms with Gasteiger partial charge in [0.2, 0.25) is 0 Å². The first-order valence-corrected chi connectivity index (χ1v) is 6.30. The molecule has 0 atom stereocenters. The van der Waals surface area contributed by atoms with Crippen LogP contribution in [0.3, 0.4) is 0 Å². The highest BCUT2D eigenvalue weighted by Crippen LogP contribution is 2.14. The van der Waals surface area contributed by atoms with Crippen molar-refractivity contribution < 1.29 is 0 Å². The Morgan fingerprint density at radius 2 is 1.82 bits per heavy atom. The van der Waals surface area contributed by atoms with Crippen molar-refractivity contribution in [1.29, 1.82) is 5.41 Å². The van der Waals surface area contributed by atoms with Gasteiger partial charge >= 0.3 is 0 Å². The van der Waals surface area contributed by atoms with Gasteiger partial charge in [0.1, 0.15) is 5.84 Å². The van der Waals surface area contributed by atoms with E-state index in [1.165, 1.54) is 31.4 Å². The monoisotopic (exact) mass is 233 g/mol. The minimum atomic E-state index is 0.127. The summed E-state index contributed by atoms with van der Waals surface area (Å²) in [7, 11) is 2.11. The molecule has 0 radical (unpaired) electrons. The summed E-state index contributed by atoms with van der Waals surface area (Å²) in [5.74, 6) is 0.127. The fourth-order valence-corrected chi connectivity index (χ4v) is 1.80. The second-order valence-electron chi connectivity index (χ2n) is 4.44. The molecule has 0 heterocycles. The summed E-state index contributed by atoms with van der Waals surface area (Å²) in [6.07, 6.45) is 5.12. The standard InChI is InChI=1S/C14H23N3/c1-3-4-5-6-11-17(2)13-9-7-12(8-10-13)14(15)16/h7-10H,3-6,11H2,1-2H3,(H3,15,16). The van der Waals surface area contributed by atoms with Crippen molar-refractivity contribution in [3.8, 4) is 0 Å². The molecule has 1 aromatic carbocycles. The highest BCUT2D eigenvalue weighted by molar-refractivity contribution is 5.95. The van der Waals surface area contributed by atoms with Gasteiger partial charge in [-0.2, -0.15) is 0 Å². The average molecular weight is 233 g/mol. The van der Waals surface area contributed by atoms with Crippen molar-refractivity contribution in [2.75, 3.05) is 18.5 Å². The van der Waals surface area contributed by atoms with Crippen molar-refractivity contribution in [3.05, 3.63) is 29.8 Å². The predicted octanol–water partition coefficient (Wildman–Crippen LogP) is 2.99. The van der Waals surface area contributed by atoms with E-state index in [0.717, 1.165) is 12.1 Å². The predicted molar refractivity (Wildman–Crippen MR) is 74.9 cm³/mol. The van der Waals surface area contributed by atoms with Gasteiger partial charge in [0.15, 0.2) is 0 Å². The van der Waals surface area contributed by atoms with Crippen LogP contribution in [0.25, 0.3) is 0 Å². The lowest BCUT2D eigenvalue weighted by Gasteiger charge is -2.19. The molecule has 3 N–H and O–H groups in total. The Morgan fingerprint density at radius 3 is 2.35 bits per heavy atom. The van der Waals surface area contributed by atoms with Crippen LogP contribution in [0, 0.1) is 5.41 Å². The molecule has 0 bridgehead atoms. The van der Waals surface area contributed by atoms with E-state index in [9.17, 15) is 0 Å². The number of rotatable bonds is 7. The Kier molecular flexibility index (Phi) is 5.53. The lowest BCUT2D eigenvalue weighted by molar-refractivity contribution is 0.661. The molecule has 0 fully saturated rings. The molecular formula is C14H23N3. The zero-order valence-corrected chi connectivity index (χ0v) is 10.9. The molecule has 0 aliphatic rings. The smallest absolute Gasteiger partial charge is 0.122 e. The van der Waals surface area contributed by atoms with Gasteiger partial charge in [0.05, 0.1) is 0 Å². The Bertz CT molecular complexity index is 343. The third-order valence-corrected chi connectivity index (χ3v) is 2.97. The molecule has 3 nitrogen and oxygen atoms in total. The second-order valence-corrected chi connectivity index (χ2v) is 4.44. The van der Waals surface area contributed by atoms with E-state index >= 15 is 0 Å². The number of nitrogens with one attached hydrogen (secondary N) is 1. The van der Waals surface area contributed by atoms with Crippen LogP contribution >= 0.6 is 0 Å². The molecule has 0 amide bonds. The Balaban J connectivity index is 2.46. The van der Waals surface area contributed by atoms with Gasteiger partial charge < -0.3 is 10.6 Å². The van der Waals surface area contributed by atoms with Gasteiger partial charge in [-0.3, -0.25) is 5.41 Å². The molecule has 3 heteroatoms. The second kappa shape index (κ2) is 6.94. The van der Waals surface area contributed by atoms with E-state index in [2.05, 4.69) is 18.9 Å². The number of nitrogen functional groups attached to an aromatic ring is 1. The summed E-state index contributed by atoms with van der Waals surface area (Å²) in [6, 6.07) is 7.85. The zero-order chi connectivity index (χ0) is 12.7. The van der Waals surface area contributed by atoms with E-state index in [1.54, 1.807) is 0 Å². The first kappa shape index (κ1) is 13.6. The van der Waals surface area contributed by atoms with E-state index in [1.807, 2.05) is 24.3 Å². The molecule has 0 aromatic heterocycles. The van der Waals surface area contributed by atoms with Gasteiger partial charge in [-0.1, -0.05) is 26.2 Å². The molecule has 0 saturated carbocycles. The van der Waals surface area contributed by atoms with Gasteiger partial charge in [0, 0.05) is 24.8 Å². The minimum absolute atomic E-state index is 0.127. The highest BCUT2D eigenvalue weighted by atomic mass is 15.1. The number of anilines is 1. The maximum Gasteiger partial charge on any atom is 0.122 e. The number of nitrogens with zero attached hydrogens (tertiary/aromatic N) is 1. The van der Waals surface area contributed by atoms with Crippen LogP contribution in [0.1, 0.15) is 38.2 Å². The van der Waals surface area contributed by atoms with Crippen molar-refractivity contribution in [2.24, 2.45) is 5.73 Å². The number of nitrogens with two attached hydrogens (primary N) is 1. The quantitative estimate of drug-likeness (QED) is 0.432. The van der Waals surface area contributed by atoms with Crippen LogP contribution in [0.15, 0.2) is 24.3 Å². The van der Waals surface area contributed by atoms with Crippen molar-refractivity contribution in [1.82, 2.24) is 0 Å². The number of amidine groups is 1. The normalized spacial score (nSPS) is 10.2. The third kappa shape index (κ3) is 4.47. The maximum absolute atomic E-state index is 7.33. The summed E-state index contributed by atoms with van der Waals surface area (Å²) in [5.41, 5.74) is 7.40. The zero-order valence-electron chi connectivity index (χ0n) is 10.9. The fourth-order valence-electron chi connectivity index (χ4n) is 1.80. The van der Waals surface area contributed by atoms with E-state index < -0.39 is 0 Å². The maximum atomic E-state index is 7.33. The van der Waals surface area contributed by atoms with E-state index in [4.69, 9.17) is 11.1 Å². The lowest BCUT2D eigenvalue weighted by Crippen LogP contribution is -2.18. The van der Waals surface area contributed by atoms with E-state index in [0.29, 0.717) is 0 Å². The fraction of sp³-hybridized carbons (Fsp3) is 0.500. The summed E-state index contributed by atoms with van der Waals surface area (Å²) in [4.78, 5) is 2.25. The Labute approximate surface area is 104 Å². The van der Waals surface area contributed by atoms with Gasteiger partial charge in [-0.25, -0.2) is 0 Å². The lowest BCUT2D eigenvalue weighted by atomic mass is 10.1. The molecule has 0 saturated heterocycles. The number of benzene rings is 1. The van der Waals surface area contributed by atoms with Crippen molar-refractivity contribution >= 4 is 11.5 Å². The van der Waals surface area contributed by atoms with Gasteiger partial charge in [0.25, 0.3) is 0 Å². The Hall–Kier alpha value is -1.51. The van der Waals surface area contributed by atoms with Gasteiger partial charge in [-0.05, 0) is 30.7 Å². The van der Waals surface area contributed by atoms with Crippen LogP contribution in [0.5, 0.6) is 0 Å².